The van der Waals surface area contributed by atoms with E-state index in [4.69, 9.17) is 4.74 Å². The van der Waals surface area contributed by atoms with E-state index in [0.717, 1.165) is 12.8 Å². The number of carbonyl (C=O) groups excluding carboxylic acids is 3. The highest BCUT2D eigenvalue weighted by Crippen LogP contribution is 2.26. The summed E-state index contributed by atoms with van der Waals surface area (Å²) < 4.78 is 5.26. The summed E-state index contributed by atoms with van der Waals surface area (Å²) in [4.78, 5) is 35.1. The highest BCUT2D eigenvalue weighted by atomic mass is 16.5. The second kappa shape index (κ2) is 9.20. The number of benzene rings is 1. The first-order valence-corrected chi connectivity index (χ1v) is 8.82. The lowest BCUT2D eigenvalue weighted by atomic mass is 9.87. The summed E-state index contributed by atoms with van der Waals surface area (Å²) in [6, 6.07) is 6.74. The molecule has 2 rings (SSSR count). The Morgan fingerprint density at radius 2 is 1.60 bits per heavy atom. The number of esters is 1. The minimum atomic E-state index is -0.842. The van der Waals surface area contributed by atoms with E-state index >= 15 is 0 Å². The van der Waals surface area contributed by atoms with Crippen LogP contribution in [0.4, 0.5) is 11.4 Å². The molecule has 2 N–H and O–H groups in total. The van der Waals surface area contributed by atoms with Crippen LogP contribution in [0.15, 0.2) is 24.3 Å². The van der Waals surface area contributed by atoms with Gasteiger partial charge in [0.2, 0.25) is 5.91 Å². The quantitative estimate of drug-likeness (QED) is 0.772. The zero-order chi connectivity index (χ0) is 18.2. The van der Waals surface area contributed by atoms with Gasteiger partial charge in [-0.2, -0.15) is 0 Å². The molecule has 2 amide bonds. The van der Waals surface area contributed by atoms with Crippen molar-refractivity contribution in [1.29, 1.82) is 0 Å². The Morgan fingerprint density at radius 3 is 2.16 bits per heavy atom. The number of ether oxygens (including phenoxy) is 1. The molecule has 6 heteroatoms. The van der Waals surface area contributed by atoms with E-state index in [1.54, 1.807) is 31.2 Å². The van der Waals surface area contributed by atoms with Crippen molar-refractivity contribution in [2.75, 3.05) is 10.6 Å². The number of nitrogens with one attached hydrogen (secondary N) is 2. The molecule has 1 aromatic rings. The molecule has 0 spiro atoms. The molecule has 6 nitrogen and oxygen atoms in total. The second-order valence-electron chi connectivity index (χ2n) is 6.59. The number of anilines is 2. The molecule has 1 aromatic carbocycles. The van der Waals surface area contributed by atoms with Gasteiger partial charge in [-0.3, -0.25) is 14.4 Å². The molecule has 0 saturated heterocycles. The Morgan fingerprint density at radius 1 is 1.04 bits per heavy atom. The highest BCUT2D eigenvalue weighted by Gasteiger charge is 2.22. The van der Waals surface area contributed by atoms with Crippen LogP contribution in [0.3, 0.4) is 0 Å². The van der Waals surface area contributed by atoms with Crippen molar-refractivity contribution >= 4 is 29.2 Å². The predicted molar refractivity (Wildman–Crippen MR) is 96.1 cm³/mol. The van der Waals surface area contributed by atoms with Crippen molar-refractivity contribution < 1.29 is 19.1 Å². The molecule has 0 aromatic heterocycles. The normalized spacial score (nSPS) is 15.9. The maximum absolute atomic E-state index is 12.1. The minimum absolute atomic E-state index is 0.157. The van der Waals surface area contributed by atoms with Crippen LogP contribution in [0.5, 0.6) is 0 Å². The lowest BCUT2D eigenvalue weighted by molar-refractivity contribution is -0.154. The number of amides is 2. The SMILES string of the molecule is CC(=O)Nc1ccc(NC(=O)[C@H](C)OC(=O)CC2CCCCC2)cc1. The Balaban J connectivity index is 1.78. The summed E-state index contributed by atoms with van der Waals surface area (Å²) in [5.41, 5.74) is 1.23. The summed E-state index contributed by atoms with van der Waals surface area (Å²) in [5.74, 6) is -0.451. The lowest BCUT2D eigenvalue weighted by Gasteiger charge is -2.21. The van der Waals surface area contributed by atoms with Crippen molar-refractivity contribution in [1.82, 2.24) is 0 Å². The Labute approximate surface area is 148 Å². The molecule has 0 radical (unpaired) electrons. The van der Waals surface area contributed by atoms with E-state index in [2.05, 4.69) is 10.6 Å². The monoisotopic (exact) mass is 346 g/mol. The minimum Gasteiger partial charge on any atom is -0.453 e. The molecule has 136 valence electrons. The van der Waals surface area contributed by atoms with Crippen LogP contribution >= 0.6 is 0 Å². The van der Waals surface area contributed by atoms with Gasteiger partial charge >= 0.3 is 5.97 Å². The molecular formula is C19H26N2O4. The van der Waals surface area contributed by atoms with Gasteiger partial charge in [0, 0.05) is 24.7 Å². The number of hydrogen-bond acceptors (Lipinski definition) is 4. The molecule has 1 saturated carbocycles. The summed E-state index contributed by atoms with van der Waals surface area (Å²) in [5, 5.41) is 5.35. The molecular weight excluding hydrogens is 320 g/mol. The van der Waals surface area contributed by atoms with Gasteiger partial charge in [0.1, 0.15) is 0 Å². The van der Waals surface area contributed by atoms with Gasteiger partial charge in [0.05, 0.1) is 0 Å². The Kier molecular flexibility index (Phi) is 6.98. The topological polar surface area (TPSA) is 84.5 Å². The van der Waals surface area contributed by atoms with E-state index in [-0.39, 0.29) is 17.8 Å². The van der Waals surface area contributed by atoms with Gasteiger partial charge in [-0.25, -0.2) is 0 Å². The number of rotatable bonds is 6. The third-order valence-corrected chi connectivity index (χ3v) is 4.33. The van der Waals surface area contributed by atoms with Crippen molar-refractivity contribution in [2.24, 2.45) is 5.92 Å². The predicted octanol–water partition coefficient (Wildman–Crippen LogP) is 3.49. The maximum Gasteiger partial charge on any atom is 0.306 e. The zero-order valence-corrected chi connectivity index (χ0v) is 14.8. The van der Waals surface area contributed by atoms with Crippen LogP contribution in [-0.2, 0) is 19.1 Å². The van der Waals surface area contributed by atoms with Crippen molar-refractivity contribution in [3.8, 4) is 0 Å². The average molecular weight is 346 g/mol. The fourth-order valence-electron chi connectivity index (χ4n) is 3.01. The van der Waals surface area contributed by atoms with Gasteiger partial charge in [-0.15, -0.1) is 0 Å². The van der Waals surface area contributed by atoms with Gasteiger partial charge in [0.25, 0.3) is 5.91 Å². The fourth-order valence-corrected chi connectivity index (χ4v) is 3.01. The van der Waals surface area contributed by atoms with E-state index < -0.39 is 6.10 Å². The molecule has 25 heavy (non-hydrogen) atoms. The molecule has 1 aliphatic rings. The van der Waals surface area contributed by atoms with Gasteiger partial charge in [0.15, 0.2) is 6.10 Å². The van der Waals surface area contributed by atoms with Crippen LogP contribution < -0.4 is 10.6 Å². The van der Waals surface area contributed by atoms with Crippen molar-refractivity contribution in [2.45, 2.75) is 58.5 Å². The molecule has 0 bridgehead atoms. The summed E-state index contributed by atoms with van der Waals surface area (Å²) >= 11 is 0. The van der Waals surface area contributed by atoms with Crippen LogP contribution in [-0.4, -0.2) is 23.9 Å². The first kappa shape index (κ1) is 19.0. The molecule has 1 atom stereocenters. The fraction of sp³-hybridized carbons (Fsp3) is 0.526. The lowest BCUT2D eigenvalue weighted by Crippen LogP contribution is -2.30. The molecule has 1 fully saturated rings. The number of hydrogen-bond donors (Lipinski definition) is 2. The van der Waals surface area contributed by atoms with Gasteiger partial charge < -0.3 is 15.4 Å². The maximum atomic E-state index is 12.1. The molecule has 0 heterocycles. The first-order chi connectivity index (χ1) is 11.9. The third kappa shape index (κ3) is 6.57. The summed E-state index contributed by atoms with van der Waals surface area (Å²) in [6.07, 6.45) is 5.26. The standard InChI is InChI=1S/C19H26N2O4/c1-13(25-18(23)12-15-6-4-3-5-7-15)19(24)21-17-10-8-16(9-11-17)20-14(2)22/h8-11,13,15H,3-7,12H2,1-2H3,(H,20,22)(H,21,24)/t13-/m0/s1. The third-order valence-electron chi connectivity index (χ3n) is 4.33. The second-order valence-corrected chi connectivity index (χ2v) is 6.59. The zero-order valence-electron chi connectivity index (χ0n) is 14.8. The van der Waals surface area contributed by atoms with E-state index in [0.29, 0.717) is 23.7 Å². The van der Waals surface area contributed by atoms with Gasteiger partial charge in [-0.05, 0) is 49.9 Å². The van der Waals surface area contributed by atoms with Crippen molar-refractivity contribution in [3.63, 3.8) is 0 Å². The average Bonchev–Trinajstić information content (AvgIpc) is 2.57. The van der Waals surface area contributed by atoms with E-state index in [1.807, 2.05) is 0 Å². The van der Waals surface area contributed by atoms with Gasteiger partial charge in [-0.1, -0.05) is 19.3 Å². The van der Waals surface area contributed by atoms with Crippen LogP contribution in [0.1, 0.15) is 52.4 Å². The van der Waals surface area contributed by atoms with Crippen LogP contribution in [0, 0.1) is 5.92 Å². The summed E-state index contributed by atoms with van der Waals surface area (Å²) in [6.45, 7) is 3.00. The first-order valence-electron chi connectivity index (χ1n) is 8.82. The van der Waals surface area contributed by atoms with E-state index in [1.165, 1.54) is 26.2 Å². The molecule has 0 unspecified atom stereocenters. The highest BCUT2D eigenvalue weighted by molar-refractivity contribution is 5.95. The van der Waals surface area contributed by atoms with Crippen LogP contribution in [0.2, 0.25) is 0 Å². The van der Waals surface area contributed by atoms with Crippen molar-refractivity contribution in [3.05, 3.63) is 24.3 Å². The Bertz CT molecular complexity index is 606. The van der Waals surface area contributed by atoms with Crippen LogP contribution in [0.25, 0.3) is 0 Å². The van der Waals surface area contributed by atoms with E-state index in [9.17, 15) is 14.4 Å². The number of carbonyl (C=O) groups is 3. The smallest absolute Gasteiger partial charge is 0.306 e. The molecule has 1 aliphatic carbocycles. The largest absolute Gasteiger partial charge is 0.453 e. The Hall–Kier alpha value is -2.37. The summed E-state index contributed by atoms with van der Waals surface area (Å²) in [7, 11) is 0. The molecule has 0 aliphatic heterocycles.